The third kappa shape index (κ3) is 4.49. The number of aryl methyl sites for hydroxylation is 1. The minimum atomic E-state index is -1.30. The van der Waals surface area contributed by atoms with Crippen LogP contribution in [-0.4, -0.2) is 42.2 Å². The van der Waals surface area contributed by atoms with Crippen LogP contribution in [0.3, 0.4) is 0 Å². The average Bonchev–Trinajstić information content (AvgIpc) is 2.98. The van der Waals surface area contributed by atoms with Crippen molar-refractivity contribution in [1.29, 1.82) is 0 Å². The summed E-state index contributed by atoms with van der Waals surface area (Å²) in [6.45, 7) is 7.01. The van der Waals surface area contributed by atoms with Crippen molar-refractivity contribution in [3.05, 3.63) is 45.3 Å². The molecule has 0 saturated heterocycles. The monoisotopic (exact) mass is 436 g/mol. The molecule has 10 heteroatoms. The Bertz CT molecular complexity index is 1140. The molecule has 2 aromatic heterocycles. The highest BCUT2D eigenvalue weighted by Crippen LogP contribution is 2.34. The third-order valence-electron chi connectivity index (χ3n) is 3.91. The number of aromatic carboxylic acids is 1. The standard InChI is InChI=1S/C19H18Cl2N4O4/c1-9-12(8-14(26)29-19(2,3)4)15(11-6-5-10(20)7-13(11)21)25-18(22-9)23-16(24-25)17(27)28/h5-7H,8H2,1-4H3,(H,27,28). The van der Waals surface area contributed by atoms with E-state index >= 15 is 0 Å². The molecule has 3 aromatic rings. The minimum absolute atomic E-state index is 0.0776. The van der Waals surface area contributed by atoms with Crippen LogP contribution in [-0.2, 0) is 16.0 Å². The van der Waals surface area contributed by atoms with Crippen molar-refractivity contribution in [2.45, 2.75) is 39.7 Å². The zero-order chi connectivity index (χ0) is 21.5. The number of hydrogen-bond donors (Lipinski definition) is 1. The van der Waals surface area contributed by atoms with Gasteiger partial charge in [-0.2, -0.15) is 9.50 Å². The van der Waals surface area contributed by atoms with Gasteiger partial charge < -0.3 is 9.84 Å². The molecule has 0 unspecified atom stereocenters. The Morgan fingerprint density at radius 2 is 1.90 bits per heavy atom. The molecule has 0 amide bonds. The van der Waals surface area contributed by atoms with Crippen molar-refractivity contribution in [3.63, 3.8) is 0 Å². The summed E-state index contributed by atoms with van der Waals surface area (Å²) >= 11 is 12.4. The Morgan fingerprint density at radius 1 is 1.21 bits per heavy atom. The molecule has 2 heterocycles. The first-order chi connectivity index (χ1) is 13.5. The summed E-state index contributed by atoms with van der Waals surface area (Å²) in [5.41, 5.74) is 1.23. The first-order valence-corrected chi connectivity index (χ1v) is 9.38. The van der Waals surface area contributed by atoms with E-state index in [1.807, 2.05) is 0 Å². The first-order valence-electron chi connectivity index (χ1n) is 8.63. The molecule has 1 aromatic carbocycles. The van der Waals surface area contributed by atoms with Gasteiger partial charge in [0.25, 0.3) is 11.6 Å². The molecule has 0 aliphatic heterocycles. The fourth-order valence-electron chi connectivity index (χ4n) is 2.83. The predicted molar refractivity (Wildman–Crippen MR) is 107 cm³/mol. The molecule has 1 N–H and O–H groups in total. The lowest BCUT2D eigenvalue weighted by atomic mass is 10.0. The number of hydrogen-bond acceptors (Lipinski definition) is 6. The SMILES string of the molecule is Cc1nc2nc(C(=O)O)nn2c(-c2ccc(Cl)cc2Cl)c1CC(=O)OC(C)(C)C. The van der Waals surface area contributed by atoms with Gasteiger partial charge in [0.2, 0.25) is 0 Å². The van der Waals surface area contributed by atoms with E-state index in [1.54, 1.807) is 45.9 Å². The van der Waals surface area contributed by atoms with E-state index in [9.17, 15) is 14.7 Å². The Kier molecular flexibility index (Phi) is 5.51. The van der Waals surface area contributed by atoms with Gasteiger partial charge in [-0.25, -0.2) is 9.78 Å². The smallest absolute Gasteiger partial charge is 0.375 e. The van der Waals surface area contributed by atoms with Crippen molar-refractivity contribution in [3.8, 4) is 11.3 Å². The molecule has 0 aliphatic carbocycles. The van der Waals surface area contributed by atoms with Crippen LogP contribution < -0.4 is 0 Å². The molecule has 152 valence electrons. The van der Waals surface area contributed by atoms with E-state index in [0.29, 0.717) is 32.6 Å². The van der Waals surface area contributed by atoms with Crippen LogP contribution >= 0.6 is 23.2 Å². The summed E-state index contributed by atoms with van der Waals surface area (Å²) < 4.78 is 6.70. The van der Waals surface area contributed by atoms with Crippen molar-refractivity contribution in [2.24, 2.45) is 0 Å². The van der Waals surface area contributed by atoms with Crippen LogP contribution in [0.2, 0.25) is 10.0 Å². The van der Waals surface area contributed by atoms with Gasteiger partial charge in [0.1, 0.15) is 5.60 Å². The van der Waals surface area contributed by atoms with Crippen molar-refractivity contribution in [2.75, 3.05) is 0 Å². The summed E-state index contributed by atoms with van der Waals surface area (Å²) in [4.78, 5) is 32.1. The highest BCUT2D eigenvalue weighted by molar-refractivity contribution is 6.36. The van der Waals surface area contributed by atoms with Gasteiger partial charge in [0.15, 0.2) is 0 Å². The summed E-state index contributed by atoms with van der Waals surface area (Å²) in [6, 6.07) is 4.85. The fourth-order valence-corrected chi connectivity index (χ4v) is 3.32. The topological polar surface area (TPSA) is 107 Å². The van der Waals surface area contributed by atoms with Crippen molar-refractivity contribution >= 4 is 40.9 Å². The Morgan fingerprint density at radius 3 is 2.48 bits per heavy atom. The van der Waals surface area contributed by atoms with Gasteiger partial charge in [-0.15, -0.1) is 5.10 Å². The molecule has 0 bridgehead atoms. The average molecular weight is 437 g/mol. The lowest BCUT2D eigenvalue weighted by molar-refractivity contribution is -0.153. The van der Waals surface area contributed by atoms with Gasteiger partial charge >= 0.3 is 11.9 Å². The van der Waals surface area contributed by atoms with E-state index in [0.717, 1.165) is 0 Å². The van der Waals surface area contributed by atoms with E-state index in [-0.39, 0.29) is 12.2 Å². The lowest BCUT2D eigenvalue weighted by Crippen LogP contribution is -2.25. The van der Waals surface area contributed by atoms with Crippen molar-refractivity contribution < 1.29 is 19.4 Å². The number of ether oxygens (including phenoxy) is 1. The molecule has 0 atom stereocenters. The van der Waals surface area contributed by atoms with Crippen LogP contribution in [0.4, 0.5) is 0 Å². The summed E-state index contributed by atoms with van der Waals surface area (Å²) in [5, 5.41) is 14.0. The number of esters is 1. The number of rotatable bonds is 4. The minimum Gasteiger partial charge on any atom is -0.475 e. The van der Waals surface area contributed by atoms with Crippen LogP contribution in [0.25, 0.3) is 17.0 Å². The van der Waals surface area contributed by atoms with Crippen LogP contribution in [0, 0.1) is 6.92 Å². The number of fused-ring (bicyclic) bond motifs is 1. The van der Waals surface area contributed by atoms with Crippen molar-refractivity contribution in [1.82, 2.24) is 19.6 Å². The molecule has 0 aliphatic rings. The summed E-state index contributed by atoms with van der Waals surface area (Å²) in [7, 11) is 0. The normalized spacial score (nSPS) is 11.7. The molecule has 0 radical (unpaired) electrons. The largest absolute Gasteiger partial charge is 0.475 e. The Labute approximate surface area is 176 Å². The highest BCUT2D eigenvalue weighted by atomic mass is 35.5. The first kappa shape index (κ1) is 21.0. The van der Waals surface area contributed by atoms with Gasteiger partial charge in [-0.05, 0) is 45.9 Å². The van der Waals surface area contributed by atoms with Crippen LogP contribution in [0.5, 0.6) is 0 Å². The number of carbonyl (C=O) groups is 2. The zero-order valence-corrected chi connectivity index (χ0v) is 17.7. The quantitative estimate of drug-likeness (QED) is 0.615. The van der Waals surface area contributed by atoms with Gasteiger partial charge in [-0.1, -0.05) is 23.2 Å². The number of carboxylic acids is 1. The highest BCUT2D eigenvalue weighted by Gasteiger charge is 2.25. The van der Waals surface area contributed by atoms with Crippen LogP contribution in [0.1, 0.15) is 42.6 Å². The molecule has 29 heavy (non-hydrogen) atoms. The molecule has 3 rings (SSSR count). The fraction of sp³-hybridized carbons (Fsp3) is 0.316. The second-order valence-corrected chi connectivity index (χ2v) is 8.21. The molecule has 0 spiro atoms. The maximum Gasteiger partial charge on any atom is 0.375 e. The van der Waals surface area contributed by atoms with E-state index < -0.39 is 23.4 Å². The number of aromatic nitrogens is 4. The Hall–Kier alpha value is -2.71. The molecule has 0 fully saturated rings. The number of nitrogens with zero attached hydrogens (tertiary/aromatic N) is 4. The number of carbonyl (C=O) groups excluding carboxylic acids is 1. The summed E-state index contributed by atoms with van der Waals surface area (Å²) in [5.74, 6) is -2.10. The lowest BCUT2D eigenvalue weighted by Gasteiger charge is -2.21. The Balaban J connectivity index is 2.27. The second kappa shape index (κ2) is 7.61. The molecule has 8 nitrogen and oxygen atoms in total. The number of benzene rings is 1. The molecule has 0 saturated carbocycles. The predicted octanol–water partition coefficient (Wildman–Crippen LogP) is 3.99. The van der Waals surface area contributed by atoms with Crippen LogP contribution in [0.15, 0.2) is 18.2 Å². The maximum absolute atomic E-state index is 12.5. The second-order valence-electron chi connectivity index (χ2n) is 7.36. The number of halogens is 2. The maximum atomic E-state index is 12.5. The third-order valence-corrected chi connectivity index (χ3v) is 4.46. The van der Waals surface area contributed by atoms with E-state index in [2.05, 4.69) is 15.1 Å². The van der Waals surface area contributed by atoms with Gasteiger partial charge in [0, 0.05) is 21.8 Å². The molecular weight excluding hydrogens is 419 g/mol. The van der Waals surface area contributed by atoms with E-state index in [4.69, 9.17) is 27.9 Å². The number of carboxylic acid groups (broad SMARTS) is 1. The van der Waals surface area contributed by atoms with E-state index in [1.165, 1.54) is 4.52 Å². The molecular formula is C19H18Cl2N4O4. The summed E-state index contributed by atoms with van der Waals surface area (Å²) in [6.07, 6.45) is -0.109. The zero-order valence-electron chi connectivity index (χ0n) is 16.2. The van der Waals surface area contributed by atoms with Gasteiger partial charge in [-0.3, -0.25) is 4.79 Å². The van der Waals surface area contributed by atoms with Gasteiger partial charge in [0.05, 0.1) is 17.1 Å².